The van der Waals surface area contributed by atoms with Crippen molar-refractivity contribution in [2.75, 3.05) is 19.7 Å². The maximum atomic E-state index is 12.4. The molecule has 3 unspecified atom stereocenters. The van der Waals surface area contributed by atoms with E-state index in [1.54, 1.807) is 0 Å². The minimum absolute atomic E-state index is 0.0215. The first-order valence-corrected chi connectivity index (χ1v) is 7.52. The molecule has 1 aromatic rings. The van der Waals surface area contributed by atoms with Gasteiger partial charge in [0.2, 0.25) is 5.91 Å². The molecule has 0 aliphatic carbocycles. The monoisotopic (exact) mass is 274 g/mol. The highest BCUT2D eigenvalue weighted by Crippen LogP contribution is 2.27. The van der Waals surface area contributed by atoms with Crippen LogP contribution in [-0.2, 0) is 9.53 Å². The molecule has 4 nitrogen and oxygen atoms in total. The van der Waals surface area contributed by atoms with Crippen molar-refractivity contribution in [1.29, 1.82) is 0 Å². The van der Waals surface area contributed by atoms with Gasteiger partial charge in [-0.25, -0.2) is 0 Å². The van der Waals surface area contributed by atoms with Crippen molar-refractivity contribution in [3.63, 3.8) is 0 Å². The third kappa shape index (κ3) is 3.02. The first kappa shape index (κ1) is 13.6. The Morgan fingerprint density at radius 3 is 2.80 bits per heavy atom. The molecule has 0 aromatic heterocycles. The number of nitrogens with one attached hydrogen (secondary N) is 2. The number of carbonyl (C=O) groups is 1. The molecule has 0 saturated carbocycles. The van der Waals surface area contributed by atoms with Crippen LogP contribution in [-0.4, -0.2) is 31.7 Å². The zero-order valence-electron chi connectivity index (χ0n) is 11.7. The average molecular weight is 274 g/mol. The SMILES string of the molecule is O=C(NC(c1ccccc1)C1CCCO1)C1CCNC1. The van der Waals surface area contributed by atoms with Gasteiger partial charge in [-0.15, -0.1) is 0 Å². The van der Waals surface area contributed by atoms with Crippen molar-refractivity contribution in [2.45, 2.75) is 31.4 Å². The Morgan fingerprint density at radius 1 is 1.30 bits per heavy atom. The molecule has 2 aliphatic rings. The molecule has 4 heteroatoms. The number of hydrogen-bond acceptors (Lipinski definition) is 3. The normalized spacial score (nSPS) is 27.4. The molecule has 20 heavy (non-hydrogen) atoms. The van der Waals surface area contributed by atoms with E-state index < -0.39 is 0 Å². The highest BCUT2D eigenvalue weighted by atomic mass is 16.5. The molecule has 2 saturated heterocycles. The van der Waals surface area contributed by atoms with Gasteiger partial charge in [0.1, 0.15) is 0 Å². The molecule has 2 heterocycles. The van der Waals surface area contributed by atoms with Gasteiger partial charge in [-0.3, -0.25) is 4.79 Å². The van der Waals surface area contributed by atoms with Gasteiger partial charge in [0.25, 0.3) is 0 Å². The Balaban J connectivity index is 1.73. The van der Waals surface area contributed by atoms with Crippen LogP contribution in [0.1, 0.15) is 30.9 Å². The Labute approximate surface area is 119 Å². The van der Waals surface area contributed by atoms with Crippen LogP contribution in [0.25, 0.3) is 0 Å². The van der Waals surface area contributed by atoms with Gasteiger partial charge in [-0.05, 0) is 31.4 Å². The summed E-state index contributed by atoms with van der Waals surface area (Å²) < 4.78 is 5.80. The van der Waals surface area contributed by atoms with Crippen LogP contribution in [0.2, 0.25) is 0 Å². The lowest BCUT2D eigenvalue weighted by atomic mass is 9.98. The quantitative estimate of drug-likeness (QED) is 0.877. The number of ether oxygens (including phenoxy) is 1. The standard InChI is InChI=1S/C16H22N2O2/c19-16(13-8-9-17-11-13)18-15(14-7-4-10-20-14)12-5-2-1-3-6-12/h1-3,5-6,13-15,17H,4,7-11H2,(H,18,19). The summed E-state index contributed by atoms with van der Waals surface area (Å²) in [5, 5.41) is 6.46. The molecule has 1 amide bonds. The van der Waals surface area contributed by atoms with E-state index in [2.05, 4.69) is 22.8 Å². The molecule has 2 N–H and O–H groups in total. The predicted molar refractivity (Wildman–Crippen MR) is 77.3 cm³/mol. The molecule has 1 aromatic carbocycles. The molecule has 0 spiro atoms. The zero-order valence-corrected chi connectivity index (χ0v) is 11.7. The van der Waals surface area contributed by atoms with Gasteiger partial charge in [-0.1, -0.05) is 30.3 Å². The van der Waals surface area contributed by atoms with E-state index in [1.807, 2.05) is 18.2 Å². The van der Waals surface area contributed by atoms with Crippen molar-refractivity contribution in [2.24, 2.45) is 5.92 Å². The van der Waals surface area contributed by atoms with Crippen molar-refractivity contribution >= 4 is 5.91 Å². The van der Waals surface area contributed by atoms with Gasteiger partial charge in [-0.2, -0.15) is 0 Å². The van der Waals surface area contributed by atoms with Crippen LogP contribution in [0.3, 0.4) is 0 Å². The van der Waals surface area contributed by atoms with Crippen LogP contribution < -0.4 is 10.6 Å². The fourth-order valence-electron chi connectivity index (χ4n) is 3.07. The summed E-state index contributed by atoms with van der Waals surface area (Å²) in [4.78, 5) is 12.4. The van der Waals surface area contributed by atoms with E-state index in [0.29, 0.717) is 0 Å². The smallest absolute Gasteiger partial charge is 0.225 e. The first-order chi connectivity index (χ1) is 9.84. The van der Waals surface area contributed by atoms with E-state index in [1.165, 1.54) is 0 Å². The highest BCUT2D eigenvalue weighted by Gasteiger charge is 2.31. The molecule has 3 atom stereocenters. The molecule has 0 radical (unpaired) electrons. The molecular formula is C16H22N2O2. The van der Waals surface area contributed by atoms with Crippen LogP contribution in [0.15, 0.2) is 30.3 Å². The highest BCUT2D eigenvalue weighted by molar-refractivity contribution is 5.79. The van der Waals surface area contributed by atoms with E-state index in [-0.39, 0.29) is 24.0 Å². The fourth-order valence-corrected chi connectivity index (χ4v) is 3.07. The second kappa shape index (κ2) is 6.37. The number of benzene rings is 1. The first-order valence-electron chi connectivity index (χ1n) is 7.52. The van der Waals surface area contributed by atoms with E-state index in [0.717, 1.165) is 44.5 Å². The van der Waals surface area contributed by atoms with Gasteiger partial charge in [0.15, 0.2) is 0 Å². The van der Waals surface area contributed by atoms with Gasteiger partial charge in [0, 0.05) is 13.2 Å². The van der Waals surface area contributed by atoms with Crippen LogP contribution in [0.4, 0.5) is 0 Å². The second-order valence-corrected chi connectivity index (χ2v) is 5.64. The summed E-state index contributed by atoms with van der Waals surface area (Å²) in [6.45, 7) is 2.53. The molecular weight excluding hydrogens is 252 g/mol. The number of rotatable bonds is 4. The molecule has 2 fully saturated rings. The van der Waals surface area contributed by atoms with Crippen LogP contribution in [0.5, 0.6) is 0 Å². The summed E-state index contributed by atoms with van der Waals surface area (Å²) >= 11 is 0. The molecule has 3 rings (SSSR count). The summed E-state index contributed by atoms with van der Waals surface area (Å²) in [6.07, 6.45) is 3.13. The van der Waals surface area contributed by atoms with Gasteiger partial charge < -0.3 is 15.4 Å². The molecule has 2 aliphatic heterocycles. The van der Waals surface area contributed by atoms with Crippen molar-refractivity contribution < 1.29 is 9.53 Å². The topological polar surface area (TPSA) is 50.4 Å². The third-order valence-corrected chi connectivity index (χ3v) is 4.22. The third-order valence-electron chi connectivity index (χ3n) is 4.22. The lowest BCUT2D eigenvalue weighted by Gasteiger charge is -2.26. The Hall–Kier alpha value is -1.39. The number of hydrogen-bond donors (Lipinski definition) is 2. The van der Waals surface area contributed by atoms with Gasteiger partial charge in [0.05, 0.1) is 18.1 Å². The van der Waals surface area contributed by atoms with Crippen LogP contribution in [0, 0.1) is 5.92 Å². The van der Waals surface area contributed by atoms with Gasteiger partial charge >= 0.3 is 0 Å². The number of amides is 1. The molecule has 0 bridgehead atoms. The Morgan fingerprint density at radius 2 is 2.15 bits per heavy atom. The average Bonchev–Trinajstić information content (AvgIpc) is 3.18. The minimum Gasteiger partial charge on any atom is -0.376 e. The van der Waals surface area contributed by atoms with Crippen LogP contribution >= 0.6 is 0 Å². The lowest BCUT2D eigenvalue weighted by molar-refractivity contribution is -0.126. The van der Waals surface area contributed by atoms with E-state index in [4.69, 9.17) is 4.74 Å². The predicted octanol–water partition coefficient (Wildman–Crippen LogP) is 1.63. The second-order valence-electron chi connectivity index (χ2n) is 5.64. The van der Waals surface area contributed by atoms with Crippen molar-refractivity contribution in [1.82, 2.24) is 10.6 Å². The fraction of sp³-hybridized carbons (Fsp3) is 0.562. The zero-order chi connectivity index (χ0) is 13.8. The lowest BCUT2D eigenvalue weighted by Crippen LogP contribution is -2.40. The maximum Gasteiger partial charge on any atom is 0.225 e. The van der Waals surface area contributed by atoms with Crippen molar-refractivity contribution in [3.8, 4) is 0 Å². The van der Waals surface area contributed by atoms with Crippen molar-refractivity contribution in [3.05, 3.63) is 35.9 Å². The van der Waals surface area contributed by atoms with E-state index in [9.17, 15) is 4.79 Å². The Bertz CT molecular complexity index is 437. The minimum atomic E-state index is -0.0215. The van der Waals surface area contributed by atoms with E-state index >= 15 is 0 Å². The number of carbonyl (C=O) groups excluding carboxylic acids is 1. The largest absolute Gasteiger partial charge is 0.376 e. The summed E-state index contributed by atoms with van der Waals surface area (Å²) in [5.74, 6) is 0.252. The summed E-state index contributed by atoms with van der Waals surface area (Å²) in [7, 11) is 0. The maximum absolute atomic E-state index is 12.4. The Kier molecular flexibility index (Phi) is 4.33. The summed E-state index contributed by atoms with van der Waals surface area (Å²) in [6, 6.07) is 10.1. The summed E-state index contributed by atoms with van der Waals surface area (Å²) in [5.41, 5.74) is 1.14. The molecule has 108 valence electrons.